The van der Waals surface area contributed by atoms with Gasteiger partial charge in [-0.1, -0.05) is 150 Å². The topological polar surface area (TPSA) is 38.9 Å². The molecule has 5 aromatic carbocycles. The van der Waals surface area contributed by atoms with Gasteiger partial charge in [0.1, 0.15) is 5.58 Å². The fourth-order valence-corrected chi connectivity index (χ4v) is 7.78. The number of aromatic nitrogens is 2. The molecule has 3 aromatic heterocycles. The third kappa shape index (κ3) is 8.24. The predicted octanol–water partition coefficient (Wildman–Crippen LogP) is 12.8. The normalized spacial score (nSPS) is 11.6. The van der Waals surface area contributed by atoms with E-state index in [0.717, 1.165) is 50.0 Å². The van der Waals surface area contributed by atoms with Crippen molar-refractivity contribution in [1.82, 2.24) is 9.97 Å². The first-order valence-corrected chi connectivity index (χ1v) is 21.8. The maximum Gasteiger partial charge on any atom is 0.121 e. The Morgan fingerprint density at radius 3 is 2.06 bits per heavy atom. The van der Waals surface area contributed by atoms with Gasteiger partial charge >= 0.3 is 0 Å². The molecule has 3 nitrogen and oxygen atoms in total. The maximum atomic E-state index is 6.45. The van der Waals surface area contributed by atoms with Crippen molar-refractivity contribution < 1.29 is 24.5 Å². The van der Waals surface area contributed by atoms with Crippen molar-refractivity contribution in [2.24, 2.45) is 0 Å². The van der Waals surface area contributed by atoms with Crippen molar-refractivity contribution >= 4 is 35.2 Å². The van der Waals surface area contributed by atoms with E-state index in [1.165, 1.54) is 38.6 Å². The van der Waals surface area contributed by atoms with Crippen LogP contribution in [0.15, 0.2) is 138 Å². The SMILES string of the molecule is CC(C)(C)c1ccnc(-c2[c-]ccc3c2oc2cccc(-c4ccc(-c5ccccc5)cc4)c23)c1.Cc1c[c-]c(-c2ccc([Si](C)(C)C)cn2)c(C)c1.[Ir]. The second-order valence-electron chi connectivity index (χ2n) is 15.9. The molecule has 0 fully saturated rings. The van der Waals surface area contributed by atoms with E-state index in [2.05, 4.69) is 173 Å². The minimum absolute atomic E-state index is 0. The summed E-state index contributed by atoms with van der Waals surface area (Å²) in [5.41, 5.74) is 14.1. The Bertz CT molecular complexity index is 2520. The first kappa shape index (κ1) is 38.8. The second-order valence-corrected chi connectivity index (χ2v) is 21.0. The molecule has 0 spiro atoms. The summed E-state index contributed by atoms with van der Waals surface area (Å²) in [4.78, 5) is 9.28. The fraction of sp³-hybridized carbons (Fsp3) is 0.184. The van der Waals surface area contributed by atoms with E-state index < -0.39 is 8.07 Å². The monoisotopic (exact) mass is 899 g/mol. The number of furan rings is 1. The third-order valence-corrected chi connectivity index (χ3v) is 11.8. The molecule has 0 atom stereocenters. The number of rotatable bonds is 5. The van der Waals surface area contributed by atoms with Gasteiger partial charge in [-0.3, -0.25) is 0 Å². The van der Waals surface area contributed by atoms with Crippen LogP contribution in [-0.2, 0) is 25.5 Å². The van der Waals surface area contributed by atoms with Crippen molar-refractivity contribution in [2.45, 2.75) is 59.7 Å². The van der Waals surface area contributed by atoms with Crippen LogP contribution in [0, 0.1) is 26.0 Å². The number of fused-ring (bicyclic) bond motifs is 3. The van der Waals surface area contributed by atoms with Crippen LogP contribution in [0.3, 0.4) is 0 Å². The Morgan fingerprint density at radius 2 is 1.39 bits per heavy atom. The number of hydrogen-bond acceptors (Lipinski definition) is 3. The number of benzene rings is 5. The summed E-state index contributed by atoms with van der Waals surface area (Å²) in [6, 6.07) is 49.1. The van der Waals surface area contributed by atoms with E-state index in [1.54, 1.807) is 0 Å². The van der Waals surface area contributed by atoms with Gasteiger partial charge in [0.05, 0.1) is 13.7 Å². The molecule has 0 amide bonds. The average molecular weight is 899 g/mol. The Labute approximate surface area is 334 Å². The summed E-state index contributed by atoms with van der Waals surface area (Å²) < 4.78 is 6.45. The van der Waals surface area contributed by atoms with E-state index in [0.29, 0.717) is 0 Å². The molecule has 0 bridgehead atoms. The molecule has 0 saturated heterocycles. The van der Waals surface area contributed by atoms with E-state index in [1.807, 2.05) is 36.7 Å². The zero-order chi connectivity index (χ0) is 37.3. The first-order chi connectivity index (χ1) is 25.4. The van der Waals surface area contributed by atoms with Gasteiger partial charge in [-0.2, -0.15) is 0 Å². The second kappa shape index (κ2) is 15.8. The van der Waals surface area contributed by atoms with E-state index in [4.69, 9.17) is 4.42 Å². The van der Waals surface area contributed by atoms with Crippen molar-refractivity contribution in [1.29, 1.82) is 0 Å². The van der Waals surface area contributed by atoms with Crippen LogP contribution in [0.25, 0.3) is 66.7 Å². The van der Waals surface area contributed by atoms with E-state index in [9.17, 15) is 0 Å². The fourth-order valence-electron chi connectivity index (χ4n) is 6.75. The Balaban J connectivity index is 0.000000222. The minimum atomic E-state index is -1.25. The number of hydrogen-bond donors (Lipinski definition) is 0. The minimum Gasteiger partial charge on any atom is -0.501 e. The molecule has 0 aliphatic carbocycles. The molecule has 8 aromatic rings. The van der Waals surface area contributed by atoms with Gasteiger partial charge in [0, 0.05) is 37.9 Å². The van der Waals surface area contributed by atoms with Crippen LogP contribution in [0.2, 0.25) is 19.6 Å². The standard InChI is InChI=1S/C33H26NO.C16H20NSi.Ir/c1-33(2,3)25-19-20-34-29(21-25)27-12-7-13-28-31-26(11-8-14-30(31)35-32(27)28)24-17-15-23(16-18-24)22-9-5-4-6-10-22;1-12-6-8-15(13(2)10-12)16-9-7-14(11-17-16)18(3,4)5;/h4-11,13-21H,1-3H3;6-7,9-11H,1-5H3;/q2*-1;. The summed E-state index contributed by atoms with van der Waals surface area (Å²) in [5.74, 6) is 0. The zero-order valence-electron chi connectivity index (χ0n) is 32.3. The molecule has 54 heavy (non-hydrogen) atoms. The molecule has 273 valence electrons. The van der Waals surface area contributed by atoms with Crippen LogP contribution in [0.5, 0.6) is 0 Å². The maximum absolute atomic E-state index is 6.45. The van der Waals surface area contributed by atoms with Crippen molar-refractivity contribution in [3.8, 4) is 44.8 Å². The van der Waals surface area contributed by atoms with E-state index >= 15 is 0 Å². The quantitative estimate of drug-likeness (QED) is 0.128. The summed E-state index contributed by atoms with van der Waals surface area (Å²) in [6.45, 7) is 17.9. The number of nitrogens with zero attached hydrogens (tertiary/aromatic N) is 2. The smallest absolute Gasteiger partial charge is 0.121 e. The van der Waals surface area contributed by atoms with Gasteiger partial charge in [0.2, 0.25) is 0 Å². The molecule has 0 aliphatic heterocycles. The average Bonchev–Trinajstić information content (AvgIpc) is 3.54. The van der Waals surface area contributed by atoms with Crippen LogP contribution in [0.4, 0.5) is 0 Å². The summed E-state index contributed by atoms with van der Waals surface area (Å²) in [7, 11) is -1.25. The van der Waals surface area contributed by atoms with Crippen LogP contribution >= 0.6 is 0 Å². The Morgan fingerprint density at radius 1 is 0.667 bits per heavy atom. The van der Waals surface area contributed by atoms with Crippen molar-refractivity contribution in [3.05, 3.63) is 163 Å². The van der Waals surface area contributed by atoms with Crippen molar-refractivity contribution in [2.75, 3.05) is 0 Å². The molecule has 0 aliphatic rings. The van der Waals surface area contributed by atoms with Gasteiger partial charge in [0.25, 0.3) is 0 Å². The molecule has 8 rings (SSSR count). The van der Waals surface area contributed by atoms with Gasteiger partial charge in [-0.05, 0) is 61.9 Å². The van der Waals surface area contributed by atoms with Crippen molar-refractivity contribution in [3.63, 3.8) is 0 Å². The Hall–Kier alpha value is -4.93. The number of pyridine rings is 2. The van der Waals surface area contributed by atoms with Gasteiger partial charge in [-0.25, -0.2) is 0 Å². The number of aryl methyl sites for hydroxylation is 2. The van der Waals surface area contributed by atoms with Gasteiger partial charge < -0.3 is 14.4 Å². The van der Waals surface area contributed by atoms with Crippen LogP contribution in [-0.4, -0.2) is 18.0 Å². The first-order valence-electron chi connectivity index (χ1n) is 18.3. The van der Waals surface area contributed by atoms with Gasteiger partial charge in [0.15, 0.2) is 0 Å². The Kier molecular flexibility index (Phi) is 11.4. The molecule has 1 radical (unpaired) electrons. The summed E-state index contributed by atoms with van der Waals surface area (Å²) >= 11 is 0. The largest absolute Gasteiger partial charge is 0.501 e. The molecule has 0 saturated carbocycles. The molecule has 0 N–H and O–H groups in total. The summed E-state index contributed by atoms with van der Waals surface area (Å²) in [5, 5.41) is 3.60. The zero-order valence-corrected chi connectivity index (χ0v) is 35.7. The molecular weight excluding hydrogens is 853 g/mol. The summed E-state index contributed by atoms with van der Waals surface area (Å²) in [6.07, 6.45) is 3.92. The molecule has 0 unspecified atom stereocenters. The van der Waals surface area contributed by atoms with Crippen LogP contribution < -0.4 is 5.19 Å². The molecule has 3 heterocycles. The van der Waals surface area contributed by atoms with Crippen LogP contribution in [0.1, 0.15) is 37.5 Å². The van der Waals surface area contributed by atoms with E-state index in [-0.39, 0.29) is 25.5 Å². The molecular formula is C49H46IrN2OSi-2. The predicted molar refractivity (Wildman–Crippen MR) is 226 cm³/mol. The van der Waals surface area contributed by atoms with Gasteiger partial charge in [-0.15, -0.1) is 53.1 Å². The third-order valence-electron chi connectivity index (χ3n) is 9.81. The molecule has 5 heteroatoms.